The summed E-state index contributed by atoms with van der Waals surface area (Å²) in [7, 11) is 3.77. The summed E-state index contributed by atoms with van der Waals surface area (Å²) in [6, 6.07) is 5.97. The Balaban J connectivity index is 2.03. The number of rotatable bonds is 5. The highest BCUT2D eigenvalue weighted by Gasteiger charge is 2.20. The third-order valence-electron chi connectivity index (χ3n) is 4.37. The highest BCUT2D eigenvalue weighted by Crippen LogP contribution is 2.32. The molecule has 1 aliphatic rings. The lowest BCUT2D eigenvalue weighted by atomic mass is 10.0. The van der Waals surface area contributed by atoms with Crippen LogP contribution in [0.3, 0.4) is 0 Å². The molecule has 0 saturated heterocycles. The highest BCUT2D eigenvalue weighted by atomic mass is 16.5. The van der Waals surface area contributed by atoms with E-state index in [1.165, 1.54) is 31.2 Å². The van der Waals surface area contributed by atoms with E-state index in [2.05, 4.69) is 18.9 Å². The van der Waals surface area contributed by atoms with E-state index in [0.29, 0.717) is 11.8 Å². The Labute approximate surface area is 116 Å². The van der Waals surface area contributed by atoms with Gasteiger partial charge in [-0.05, 0) is 50.4 Å². The van der Waals surface area contributed by atoms with Crippen molar-refractivity contribution in [2.24, 2.45) is 5.92 Å². The van der Waals surface area contributed by atoms with Gasteiger partial charge in [0.05, 0.1) is 7.11 Å². The maximum atomic E-state index is 9.65. The molecule has 1 saturated carbocycles. The van der Waals surface area contributed by atoms with E-state index < -0.39 is 0 Å². The number of methoxy groups -OCH3 is 1. The standard InChI is InChI=1S/C16H25NO2/c1-12(17(2)11-13-6-4-5-7-13)14-8-9-15(18)16(10-14)19-3/h8-10,12-13,18H,4-7,11H2,1-3H3. The molecule has 0 aliphatic heterocycles. The lowest BCUT2D eigenvalue weighted by molar-refractivity contribution is 0.220. The third kappa shape index (κ3) is 3.41. The first kappa shape index (κ1) is 14.2. The second-order valence-electron chi connectivity index (χ2n) is 5.70. The van der Waals surface area contributed by atoms with Crippen molar-refractivity contribution >= 4 is 0 Å². The molecule has 0 aromatic heterocycles. The van der Waals surface area contributed by atoms with Crippen molar-refractivity contribution in [3.8, 4) is 11.5 Å². The normalized spacial score (nSPS) is 17.9. The fourth-order valence-corrected chi connectivity index (χ4v) is 2.97. The van der Waals surface area contributed by atoms with Gasteiger partial charge in [0.2, 0.25) is 0 Å². The number of phenolic OH excluding ortho intramolecular Hbond substituents is 1. The Hall–Kier alpha value is -1.22. The summed E-state index contributed by atoms with van der Waals surface area (Å²) in [5.74, 6) is 1.61. The summed E-state index contributed by atoms with van der Waals surface area (Å²) >= 11 is 0. The first-order valence-electron chi connectivity index (χ1n) is 7.19. The van der Waals surface area contributed by atoms with Crippen molar-refractivity contribution in [1.82, 2.24) is 4.90 Å². The van der Waals surface area contributed by atoms with Gasteiger partial charge in [-0.2, -0.15) is 0 Å². The van der Waals surface area contributed by atoms with Gasteiger partial charge in [0.25, 0.3) is 0 Å². The molecule has 3 nitrogen and oxygen atoms in total. The zero-order valence-electron chi connectivity index (χ0n) is 12.2. The minimum absolute atomic E-state index is 0.205. The molecular weight excluding hydrogens is 238 g/mol. The Morgan fingerprint density at radius 2 is 2.05 bits per heavy atom. The van der Waals surface area contributed by atoms with Gasteiger partial charge < -0.3 is 9.84 Å². The number of hydrogen-bond donors (Lipinski definition) is 1. The van der Waals surface area contributed by atoms with E-state index >= 15 is 0 Å². The van der Waals surface area contributed by atoms with E-state index in [0.717, 1.165) is 12.5 Å². The lowest BCUT2D eigenvalue weighted by Gasteiger charge is -2.28. The van der Waals surface area contributed by atoms with E-state index in [-0.39, 0.29) is 5.75 Å². The molecule has 1 aromatic carbocycles. The van der Waals surface area contributed by atoms with Crippen molar-refractivity contribution < 1.29 is 9.84 Å². The van der Waals surface area contributed by atoms with Gasteiger partial charge in [0.15, 0.2) is 11.5 Å². The molecule has 1 unspecified atom stereocenters. The molecule has 1 aliphatic carbocycles. The van der Waals surface area contributed by atoms with Crippen LogP contribution in [0.4, 0.5) is 0 Å². The first-order chi connectivity index (χ1) is 9.11. The van der Waals surface area contributed by atoms with Crippen LogP contribution in [0.15, 0.2) is 18.2 Å². The van der Waals surface area contributed by atoms with Crippen LogP contribution in [0.25, 0.3) is 0 Å². The fraction of sp³-hybridized carbons (Fsp3) is 0.625. The van der Waals surface area contributed by atoms with Crippen LogP contribution in [-0.2, 0) is 0 Å². The Morgan fingerprint density at radius 1 is 1.37 bits per heavy atom. The summed E-state index contributed by atoms with van der Waals surface area (Å²) in [6.07, 6.45) is 5.52. The number of aromatic hydroxyl groups is 1. The predicted octanol–water partition coefficient (Wildman–Crippen LogP) is 3.58. The number of nitrogens with zero attached hydrogens (tertiary/aromatic N) is 1. The summed E-state index contributed by atoms with van der Waals surface area (Å²) in [4.78, 5) is 2.40. The molecule has 2 rings (SSSR count). The van der Waals surface area contributed by atoms with Crippen LogP contribution in [-0.4, -0.2) is 30.7 Å². The lowest BCUT2D eigenvalue weighted by Crippen LogP contribution is -2.27. The number of ether oxygens (including phenoxy) is 1. The predicted molar refractivity (Wildman–Crippen MR) is 77.7 cm³/mol. The number of phenols is 1. The molecule has 0 heterocycles. The summed E-state index contributed by atoms with van der Waals surface area (Å²) in [6.45, 7) is 3.37. The van der Waals surface area contributed by atoms with Crippen LogP contribution in [0, 0.1) is 5.92 Å². The maximum Gasteiger partial charge on any atom is 0.160 e. The van der Waals surface area contributed by atoms with Gasteiger partial charge in [0.1, 0.15) is 0 Å². The number of hydrogen-bond acceptors (Lipinski definition) is 3. The van der Waals surface area contributed by atoms with Crippen LogP contribution in [0.2, 0.25) is 0 Å². The second kappa shape index (κ2) is 6.29. The minimum atomic E-state index is 0.205. The molecule has 3 heteroatoms. The summed E-state index contributed by atoms with van der Waals surface area (Å²) < 4.78 is 5.18. The van der Waals surface area contributed by atoms with Crippen LogP contribution in [0.1, 0.15) is 44.2 Å². The van der Waals surface area contributed by atoms with Gasteiger partial charge in [-0.25, -0.2) is 0 Å². The van der Waals surface area contributed by atoms with Gasteiger partial charge in [-0.15, -0.1) is 0 Å². The van der Waals surface area contributed by atoms with Crippen molar-refractivity contribution in [1.29, 1.82) is 0 Å². The smallest absolute Gasteiger partial charge is 0.160 e. The van der Waals surface area contributed by atoms with Crippen LogP contribution >= 0.6 is 0 Å². The van der Waals surface area contributed by atoms with Crippen molar-refractivity contribution in [3.63, 3.8) is 0 Å². The SMILES string of the molecule is COc1cc(C(C)N(C)CC2CCCC2)ccc1O. The average Bonchev–Trinajstić information content (AvgIpc) is 2.91. The average molecular weight is 263 g/mol. The van der Waals surface area contributed by atoms with Crippen LogP contribution in [0.5, 0.6) is 11.5 Å². The van der Waals surface area contributed by atoms with E-state index in [9.17, 15) is 5.11 Å². The quantitative estimate of drug-likeness (QED) is 0.881. The zero-order valence-corrected chi connectivity index (χ0v) is 12.2. The third-order valence-corrected chi connectivity index (χ3v) is 4.37. The molecular formula is C16H25NO2. The van der Waals surface area contributed by atoms with E-state index in [1.807, 2.05) is 12.1 Å². The largest absolute Gasteiger partial charge is 0.504 e. The Kier molecular flexibility index (Phi) is 4.70. The van der Waals surface area contributed by atoms with Crippen molar-refractivity contribution in [3.05, 3.63) is 23.8 Å². The second-order valence-corrected chi connectivity index (χ2v) is 5.70. The number of benzene rings is 1. The van der Waals surface area contributed by atoms with Gasteiger partial charge >= 0.3 is 0 Å². The summed E-state index contributed by atoms with van der Waals surface area (Å²) in [5, 5.41) is 9.65. The maximum absolute atomic E-state index is 9.65. The Morgan fingerprint density at radius 3 is 2.68 bits per heavy atom. The molecule has 106 valence electrons. The fourth-order valence-electron chi connectivity index (χ4n) is 2.97. The minimum Gasteiger partial charge on any atom is -0.504 e. The molecule has 0 bridgehead atoms. The van der Waals surface area contributed by atoms with Crippen LogP contribution < -0.4 is 4.74 Å². The van der Waals surface area contributed by atoms with Crippen molar-refractivity contribution in [2.75, 3.05) is 20.7 Å². The van der Waals surface area contributed by atoms with Gasteiger partial charge in [-0.1, -0.05) is 18.9 Å². The highest BCUT2D eigenvalue weighted by molar-refractivity contribution is 5.42. The topological polar surface area (TPSA) is 32.7 Å². The van der Waals surface area contributed by atoms with E-state index in [1.54, 1.807) is 13.2 Å². The molecule has 0 spiro atoms. The monoisotopic (exact) mass is 263 g/mol. The molecule has 1 N–H and O–H groups in total. The zero-order chi connectivity index (χ0) is 13.8. The Bertz CT molecular complexity index is 413. The molecule has 0 amide bonds. The molecule has 1 fully saturated rings. The van der Waals surface area contributed by atoms with Gasteiger partial charge in [0, 0.05) is 12.6 Å². The van der Waals surface area contributed by atoms with Gasteiger partial charge in [-0.3, -0.25) is 4.90 Å². The molecule has 19 heavy (non-hydrogen) atoms. The first-order valence-corrected chi connectivity index (χ1v) is 7.19. The van der Waals surface area contributed by atoms with E-state index in [4.69, 9.17) is 4.74 Å². The van der Waals surface area contributed by atoms with Crippen molar-refractivity contribution in [2.45, 2.75) is 38.6 Å². The molecule has 1 aromatic rings. The molecule has 0 radical (unpaired) electrons. The summed E-state index contributed by atoms with van der Waals surface area (Å²) in [5.41, 5.74) is 1.19. The molecule has 1 atom stereocenters.